The van der Waals surface area contributed by atoms with Crippen LogP contribution in [-0.4, -0.2) is 0 Å². The van der Waals surface area contributed by atoms with Gasteiger partial charge in [0.15, 0.2) is 0 Å². The fraction of sp³-hybridized carbons (Fsp3) is 0.0465. The van der Waals surface area contributed by atoms with Gasteiger partial charge in [-0.25, -0.2) is 0 Å². The second-order valence-corrected chi connectivity index (χ2v) is 23.8. The van der Waals surface area contributed by atoms with Crippen LogP contribution in [0.25, 0.3) is 78.9 Å². The Labute approximate surface area is 515 Å². The second kappa shape index (κ2) is 20.3. The molecule has 0 unspecified atom stereocenters. The smallest absolute Gasteiger partial charge is 0.0726 e. The van der Waals surface area contributed by atoms with Crippen LogP contribution in [0.2, 0.25) is 0 Å². The number of allylic oxidation sites excluding steroid dienone is 2. The SMILES string of the molecule is C/C=C/c1cccc(-c2ccc(N(c3cccc(N(c4ccc(-c5cccc(/C=C/C)c5)cc4)c4ccc5c(c4)C4(c6ccccc6-c6ccccc64)c4ccccc4-5)c3)c3ccc4c(c3)C3(c5ccccc5-c5ccccc53)c3ccccc3-4)cc2)c1. The van der Waals surface area contributed by atoms with Crippen LogP contribution in [0, 0.1) is 0 Å². The van der Waals surface area contributed by atoms with Crippen LogP contribution in [0.1, 0.15) is 69.5 Å². The minimum atomic E-state index is -0.508. The van der Waals surface area contributed by atoms with E-state index in [9.17, 15) is 0 Å². The van der Waals surface area contributed by atoms with Gasteiger partial charge in [-0.3, -0.25) is 0 Å². The summed E-state index contributed by atoms with van der Waals surface area (Å²) in [5, 5.41) is 0. The molecular weight excluding hydrogens is 1060 g/mol. The summed E-state index contributed by atoms with van der Waals surface area (Å²) in [5.41, 5.74) is 33.3. The number of anilines is 6. The minimum absolute atomic E-state index is 0.508. The van der Waals surface area contributed by atoms with E-state index < -0.39 is 10.8 Å². The molecule has 13 aromatic carbocycles. The van der Waals surface area contributed by atoms with Gasteiger partial charge in [-0.05, 0) is 215 Å². The summed E-state index contributed by atoms with van der Waals surface area (Å²) >= 11 is 0. The average Bonchev–Trinajstić information content (AvgIpc) is 1.56. The largest absolute Gasteiger partial charge is 0.310 e. The van der Waals surface area contributed by atoms with Crippen LogP contribution in [-0.2, 0) is 10.8 Å². The lowest BCUT2D eigenvalue weighted by molar-refractivity contribution is 0.793. The minimum Gasteiger partial charge on any atom is -0.310 e. The number of rotatable bonds is 10. The molecule has 2 nitrogen and oxygen atoms in total. The molecule has 13 aromatic rings. The Kier molecular flexibility index (Phi) is 11.9. The zero-order chi connectivity index (χ0) is 58.5. The van der Waals surface area contributed by atoms with Gasteiger partial charge in [0.05, 0.1) is 10.8 Å². The summed E-state index contributed by atoms with van der Waals surface area (Å²) in [7, 11) is 0. The van der Waals surface area contributed by atoms with Crippen LogP contribution < -0.4 is 9.80 Å². The fourth-order valence-electron chi connectivity index (χ4n) is 15.7. The van der Waals surface area contributed by atoms with E-state index in [2.05, 4.69) is 351 Å². The van der Waals surface area contributed by atoms with E-state index in [-0.39, 0.29) is 0 Å². The predicted molar refractivity (Wildman–Crippen MR) is 369 cm³/mol. The molecule has 0 aliphatic heterocycles. The van der Waals surface area contributed by atoms with E-state index in [1.807, 2.05) is 0 Å². The zero-order valence-electron chi connectivity index (χ0n) is 49.1. The third-order valence-corrected chi connectivity index (χ3v) is 19.2. The third-order valence-electron chi connectivity index (χ3n) is 19.2. The van der Waals surface area contributed by atoms with E-state index in [0.717, 1.165) is 34.1 Å². The normalized spacial score (nSPS) is 13.7. The lowest BCUT2D eigenvalue weighted by atomic mass is 9.70. The van der Waals surface area contributed by atoms with Crippen molar-refractivity contribution in [2.75, 3.05) is 9.80 Å². The van der Waals surface area contributed by atoms with Crippen molar-refractivity contribution >= 4 is 46.3 Å². The summed E-state index contributed by atoms with van der Waals surface area (Å²) in [5.74, 6) is 0. The molecule has 0 atom stereocenters. The molecule has 2 heteroatoms. The van der Waals surface area contributed by atoms with Crippen molar-refractivity contribution < 1.29 is 0 Å². The van der Waals surface area contributed by atoms with E-state index in [4.69, 9.17) is 0 Å². The number of hydrogen-bond acceptors (Lipinski definition) is 2. The van der Waals surface area contributed by atoms with Crippen molar-refractivity contribution in [1.29, 1.82) is 0 Å². The Hall–Kier alpha value is -11.1. The van der Waals surface area contributed by atoms with Crippen molar-refractivity contribution in [3.63, 3.8) is 0 Å². The summed E-state index contributed by atoms with van der Waals surface area (Å²) in [4.78, 5) is 4.96. The number of fused-ring (bicyclic) bond motifs is 20. The van der Waals surface area contributed by atoms with Crippen molar-refractivity contribution in [3.8, 4) is 66.8 Å². The number of benzene rings is 13. The standard InChI is InChI=1S/C86H60N2/c1-3-20-57-22-17-24-61(52-57)59-40-44-63(45-41-59)87(67-48-50-75-73-32-9-15-38-81(73)85(83(75)55-67)77-34-11-5-28-69(77)70-29-6-12-35-78(70)85)65-26-19-27-66(54-65)88(64-46-42-60(43-47-64)62-25-18-23-58(53-62)21-4-2)68-49-51-76-74-33-10-16-39-82(74)86(84(76)56-68)79-36-13-7-30-71(79)72-31-8-14-37-80(72)86/h3-56H,1-2H3/b20-3+,21-4+. The molecule has 2 spiro atoms. The highest BCUT2D eigenvalue weighted by Crippen LogP contribution is 2.65. The van der Waals surface area contributed by atoms with Gasteiger partial charge in [0, 0.05) is 34.1 Å². The topological polar surface area (TPSA) is 6.48 Å². The molecule has 0 N–H and O–H groups in total. The van der Waals surface area contributed by atoms with Crippen molar-refractivity contribution in [2.45, 2.75) is 24.7 Å². The number of nitrogens with zero attached hydrogens (tertiary/aromatic N) is 2. The molecule has 0 amide bonds. The molecular formula is C86H60N2. The first-order valence-corrected chi connectivity index (χ1v) is 30.8. The predicted octanol–water partition coefficient (Wildman–Crippen LogP) is 22.7. The fourth-order valence-corrected chi connectivity index (χ4v) is 15.7. The Morgan fingerprint density at radius 1 is 0.216 bits per heavy atom. The van der Waals surface area contributed by atoms with Crippen molar-refractivity contribution in [3.05, 3.63) is 371 Å². The van der Waals surface area contributed by atoms with E-state index in [0.29, 0.717) is 0 Å². The summed E-state index contributed by atoms with van der Waals surface area (Å²) in [6, 6.07) is 114. The van der Waals surface area contributed by atoms with Crippen molar-refractivity contribution in [2.24, 2.45) is 0 Å². The maximum Gasteiger partial charge on any atom is 0.0726 e. The Morgan fingerprint density at radius 2 is 0.500 bits per heavy atom. The highest BCUT2D eigenvalue weighted by molar-refractivity contribution is 5.99. The highest BCUT2D eigenvalue weighted by Gasteiger charge is 2.53. The molecule has 4 aliphatic rings. The van der Waals surface area contributed by atoms with Gasteiger partial charge in [-0.15, -0.1) is 0 Å². The second-order valence-electron chi connectivity index (χ2n) is 23.8. The maximum atomic E-state index is 2.51. The summed E-state index contributed by atoms with van der Waals surface area (Å²) in [6.07, 6.45) is 8.54. The Morgan fingerprint density at radius 3 is 0.830 bits per heavy atom. The lowest BCUT2D eigenvalue weighted by Gasteiger charge is -2.33. The Balaban J connectivity index is 0.876. The van der Waals surface area contributed by atoms with Crippen LogP contribution in [0.15, 0.2) is 315 Å². The van der Waals surface area contributed by atoms with E-state index >= 15 is 0 Å². The first-order chi connectivity index (χ1) is 43.5. The van der Waals surface area contributed by atoms with E-state index in [1.54, 1.807) is 0 Å². The lowest BCUT2D eigenvalue weighted by Crippen LogP contribution is -2.26. The molecule has 0 saturated carbocycles. The maximum absolute atomic E-state index is 2.51. The first kappa shape index (κ1) is 51.4. The van der Waals surface area contributed by atoms with Gasteiger partial charge in [-0.2, -0.15) is 0 Å². The van der Waals surface area contributed by atoms with E-state index in [1.165, 1.54) is 122 Å². The van der Waals surface area contributed by atoms with Gasteiger partial charge in [0.25, 0.3) is 0 Å². The van der Waals surface area contributed by atoms with Gasteiger partial charge in [0.1, 0.15) is 0 Å². The van der Waals surface area contributed by atoms with Gasteiger partial charge < -0.3 is 9.80 Å². The molecule has 0 radical (unpaired) electrons. The van der Waals surface area contributed by atoms with Gasteiger partial charge in [0.2, 0.25) is 0 Å². The molecule has 0 aromatic heterocycles. The van der Waals surface area contributed by atoms with Crippen molar-refractivity contribution in [1.82, 2.24) is 0 Å². The highest BCUT2D eigenvalue weighted by atomic mass is 15.2. The van der Waals surface area contributed by atoms with Gasteiger partial charge in [-0.1, -0.05) is 249 Å². The Bertz CT molecular complexity index is 4580. The van der Waals surface area contributed by atoms with Crippen LogP contribution in [0.5, 0.6) is 0 Å². The van der Waals surface area contributed by atoms with Crippen LogP contribution in [0.3, 0.4) is 0 Å². The summed E-state index contributed by atoms with van der Waals surface area (Å²) in [6.45, 7) is 4.15. The van der Waals surface area contributed by atoms with Gasteiger partial charge >= 0.3 is 0 Å². The molecule has 4 aliphatic carbocycles. The van der Waals surface area contributed by atoms with Crippen LogP contribution in [0.4, 0.5) is 34.1 Å². The molecule has 0 heterocycles. The summed E-state index contributed by atoms with van der Waals surface area (Å²) < 4.78 is 0. The number of hydrogen-bond donors (Lipinski definition) is 0. The van der Waals surface area contributed by atoms with Crippen LogP contribution >= 0.6 is 0 Å². The molecule has 0 saturated heterocycles. The molecule has 0 bridgehead atoms. The first-order valence-electron chi connectivity index (χ1n) is 30.8. The third kappa shape index (κ3) is 7.55. The molecule has 88 heavy (non-hydrogen) atoms. The average molecular weight is 1120 g/mol. The molecule has 17 rings (SSSR count). The monoisotopic (exact) mass is 1120 g/mol. The zero-order valence-corrected chi connectivity index (χ0v) is 49.1. The molecule has 0 fully saturated rings. The quantitative estimate of drug-likeness (QED) is 0.135. The molecule has 414 valence electrons.